The van der Waals surface area contributed by atoms with Crippen LogP contribution >= 0.6 is 0 Å². The average Bonchev–Trinajstić information content (AvgIpc) is 2.95. The molecule has 6 heteroatoms. The first-order valence-corrected chi connectivity index (χ1v) is 17.2. The van der Waals surface area contributed by atoms with Crippen LogP contribution in [0.15, 0.2) is 53.4 Å². The molecule has 0 radical (unpaired) electrons. The number of carbonyl (C=O) groups is 1. The number of ether oxygens (including phenoxy) is 1. The Morgan fingerprint density at radius 3 is 1.55 bits per heavy atom. The highest BCUT2D eigenvalue weighted by Gasteiger charge is 2.25. The van der Waals surface area contributed by atoms with Crippen LogP contribution in [-0.2, 0) is 14.8 Å². The summed E-state index contributed by atoms with van der Waals surface area (Å²) in [5.41, 5.74) is 2.00. The Labute approximate surface area is 244 Å². The molecule has 0 spiro atoms. The third kappa shape index (κ3) is 12.4. The topological polar surface area (TPSA) is 63.7 Å². The molecule has 0 bridgehead atoms. The molecule has 0 aromatic heterocycles. The first-order valence-electron chi connectivity index (χ1n) is 15.8. The van der Waals surface area contributed by atoms with Crippen molar-refractivity contribution < 1.29 is 17.9 Å². The molecule has 0 aliphatic heterocycles. The highest BCUT2D eigenvalue weighted by Crippen LogP contribution is 2.26. The second-order valence-electron chi connectivity index (χ2n) is 11.0. The van der Waals surface area contributed by atoms with Crippen molar-refractivity contribution in [3.8, 4) is 0 Å². The molecule has 0 saturated carbocycles. The Morgan fingerprint density at radius 1 is 0.650 bits per heavy atom. The molecule has 2 aromatic carbocycles. The van der Waals surface area contributed by atoms with Gasteiger partial charge in [-0.25, -0.2) is 13.2 Å². The van der Waals surface area contributed by atoms with Crippen LogP contribution in [0.2, 0.25) is 0 Å². The summed E-state index contributed by atoms with van der Waals surface area (Å²) in [6.45, 7) is 6.69. The number of nitrogens with zero attached hydrogens (tertiary/aromatic N) is 1. The molecule has 0 heterocycles. The van der Waals surface area contributed by atoms with Crippen molar-refractivity contribution in [3.63, 3.8) is 0 Å². The van der Waals surface area contributed by atoms with Crippen molar-refractivity contribution >= 4 is 21.7 Å². The maximum absolute atomic E-state index is 13.6. The van der Waals surface area contributed by atoms with Gasteiger partial charge in [0.15, 0.2) is 0 Å². The molecule has 0 saturated heterocycles. The third-order valence-electron chi connectivity index (χ3n) is 7.49. The molecule has 0 N–H and O–H groups in total. The normalized spacial score (nSPS) is 11.5. The summed E-state index contributed by atoms with van der Waals surface area (Å²) >= 11 is 0. The lowest BCUT2D eigenvalue weighted by molar-refractivity contribution is 0.0526. The third-order valence-corrected chi connectivity index (χ3v) is 9.33. The molecule has 40 heavy (non-hydrogen) atoms. The second kappa shape index (κ2) is 19.7. The molecule has 5 nitrogen and oxygen atoms in total. The Kier molecular flexibility index (Phi) is 16.7. The quantitative estimate of drug-likeness (QED) is 0.104. The molecule has 0 atom stereocenters. The molecule has 0 fully saturated rings. The van der Waals surface area contributed by atoms with Crippen molar-refractivity contribution in [2.75, 3.05) is 17.5 Å². The smallest absolute Gasteiger partial charge is 0.338 e. The van der Waals surface area contributed by atoms with Gasteiger partial charge in [0, 0.05) is 6.54 Å². The van der Waals surface area contributed by atoms with E-state index in [0.29, 0.717) is 24.4 Å². The number of benzene rings is 2. The van der Waals surface area contributed by atoms with Gasteiger partial charge in [-0.2, -0.15) is 0 Å². The highest BCUT2D eigenvalue weighted by molar-refractivity contribution is 7.92. The molecule has 224 valence electrons. The van der Waals surface area contributed by atoms with Crippen LogP contribution in [0.1, 0.15) is 133 Å². The summed E-state index contributed by atoms with van der Waals surface area (Å²) in [6, 6.07) is 13.6. The number of rotatable bonds is 22. The van der Waals surface area contributed by atoms with Crippen molar-refractivity contribution in [2.45, 2.75) is 128 Å². The van der Waals surface area contributed by atoms with E-state index in [9.17, 15) is 13.2 Å². The lowest BCUT2D eigenvalue weighted by Crippen LogP contribution is -2.32. The fourth-order valence-corrected chi connectivity index (χ4v) is 6.51. The number of anilines is 1. The minimum absolute atomic E-state index is 0.282. The minimum Gasteiger partial charge on any atom is -0.462 e. The molecular formula is C34H53NO4S. The summed E-state index contributed by atoms with van der Waals surface area (Å²) in [5, 5.41) is 0. The monoisotopic (exact) mass is 571 g/mol. The van der Waals surface area contributed by atoms with E-state index in [1.54, 1.807) is 43.3 Å². The van der Waals surface area contributed by atoms with E-state index >= 15 is 0 Å². The van der Waals surface area contributed by atoms with Crippen molar-refractivity contribution in [1.82, 2.24) is 0 Å². The van der Waals surface area contributed by atoms with E-state index in [1.807, 2.05) is 19.1 Å². The van der Waals surface area contributed by atoms with Crippen LogP contribution in [0.5, 0.6) is 0 Å². The molecule has 2 rings (SSSR count). The Balaban J connectivity index is 1.77. The summed E-state index contributed by atoms with van der Waals surface area (Å²) in [6.07, 6.45) is 20.5. The zero-order valence-corrected chi connectivity index (χ0v) is 26.2. The molecular weight excluding hydrogens is 518 g/mol. The number of esters is 1. The van der Waals surface area contributed by atoms with Crippen LogP contribution in [0.25, 0.3) is 0 Å². The predicted octanol–water partition coefficient (Wildman–Crippen LogP) is 9.63. The minimum atomic E-state index is -3.72. The van der Waals surface area contributed by atoms with Crippen LogP contribution in [0, 0.1) is 6.92 Å². The van der Waals surface area contributed by atoms with Crippen LogP contribution < -0.4 is 4.31 Å². The first kappa shape index (κ1) is 33.9. The van der Waals surface area contributed by atoms with Gasteiger partial charge < -0.3 is 4.74 Å². The fraction of sp³-hybridized carbons (Fsp3) is 0.618. The SMILES string of the molecule is CCCCCCCCCCCCCCCCCCN(c1ccc(C(=O)OCC)cc1)S(=O)(=O)c1ccc(C)cc1. The first-order chi connectivity index (χ1) is 19.4. The molecule has 0 unspecified atom stereocenters. The summed E-state index contributed by atoms with van der Waals surface area (Å²) < 4.78 is 33.7. The van der Waals surface area contributed by atoms with E-state index < -0.39 is 16.0 Å². The molecule has 0 aliphatic carbocycles. The average molecular weight is 572 g/mol. The Bertz CT molecular complexity index is 1050. The maximum Gasteiger partial charge on any atom is 0.338 e. The summed E-state index contributed by atoms with van der Waals surface area (Å²) in [5.74, 6) is -0.403. The van der Waals surface area contributed by atoms with Gasteiger partial charge in [-0.1, -0.05) is 121 Å². The van der Waals surface area contributed by atoms with E-state index in [0.717, 1.165) is 24.8 Å². The largest absolute Gasteiger partial charge is 0.462 e. The van der Waals surface area contributed by atoms with E-state index in [-0.39, 0.29) is 4.90 Å². The van der Waals surface area contributed by atoms with Crippen molar-refractivity contribution in [3.05, 3.63) is 59.7 Å². The van der Waals surface area contributed by atoms with Crippen LogP contribution in [0.3, 0.4) is 0 Å². The van der Waals surface area contributed by atoms with Crippen LogP contribution in [-0.4, -0.2) is 27.5 Å². The van der Waals surface area contributed by atoms with Gasteiger partial charge in [-0.05, 0) is 56.7 Å². The number of hydrogen-bond acceptors (Lipinski definition) is 4. The zero-order valence-electron chi connectivity index (χ0n) is 25.3. The van der Waals surface area contributed by atoms with E-state index in [1.165, 1.54) is 87.8 Å². The highest BCUT2D eigenvalue weighted by atomic mass is 32.2. The van der Waals surface area contributed by atoms with Gasteiger partial charge in [-0.15, -0.1) is 0 Å². The lowest BCUT2D eigenvalue weighted by atomic mass is 10.0. The molecule has 2 aromatic rings. The number of sulfonamides is 1. The molecule has 0 aliphatic rings. The Morgan fingerprint density at radius 2 is 1.10 bits per heavy atom. The predicted molar refractivity (Wildman–Crippen MR) is 168 cm³/mol. The van der Waals surface area contributed by atoms with E-state index in [2.05, 4.69) is 6.92 Å². The lowest BCUT2D eigenvalue weighted by Gasteiger charge is -2.25. The van der Waals surface area contributed by atoms with Gasteiger partial charge in [-0.3, -0.25) is 4.31 Å². The maximum atomic E-state index is 13.6. The van der Waals surface area contributed by atoms with Gasteiger partial charge in [0.05, 0.1) is 22.8 Å². The van der Waals surface area contributed by atoms with Gasteiger partial charge in [0.25, 0.3) is 10.0 Å². The van der Waals surface area contributed by atoms with E-state index in [4.69, 9.17) is 4.74 Å². The van der Waals surface area contributed by atoms with Crippen LogP contribution in [0.4, 0.5) is 5.69 Å². The fourth-order valence-electron chi connectivity index (χ4n) is 5.01. The summed E-state index contributed by atoms with van der Waals surface area (Å²) in [4.78, 5) is 12.3. The standard InChI is InChI=1S/C34H53NO4S/c1-4-6-7-8-9-10-11-12-13-14-15-16-17-18-19-20-29-35(40(37,38)33-27-21-30(3)22-28-33)32-25-23-31(24-26-32)34(36)39-5-2/h21-28H,4-20,29H2,1-3H3. The van der Waals surface area contributed by atoms with Gasteiger partial charge in [0.1, 0.15) is 0 Å². The number of carbonyl (C=O) groups excluding carboxylic acids is 1. The van der Waals surface area contributed by atoms with Crippen molar-refractivity contribution in [2.24, 2.45) is 0 Å². The van der Waals surface area contributed by atoms with Gasteiger partial charge in [0.2, 0.25) is 0 Å². The van der Waals surface area contributed by atoms with Crippen molar-refractivity contribution in [1.29, 1.82) is 0 Å². The second-order valence-corrected chi connectivity index (χ2v) is 12.8. The number of hydrogen-bond donors (Lipinski definition) is 0. The van der Waals surface area contributed by atoms with Gasteiger partial charge >= 0.3 is 5.97 Å². The zero-order chi connectivity index (χ0) is 29.1. The number of aryl methyl sites for hydroxylation is 1. The summed E-state index contributed by atoms with van der Waals surface area (Å²) in [7, 11) is -3.72. The number of unbranched alkanes of at least 4 members (excludes halogenated alkanes) is 15. The molecule has 0 amide bonds. The Hall–Kier alpha value is -2.34.